The topological polar surface area (TPSA) is 85.2 Å². The van der Waals surface area contributed by atoms with Gasteiger partial charge in [0, 0.05) is 16.3 Å². The summed E-state index contributed by atoms with van der Waals surface area (Å²) < 4.78 is 0. The molecule has 0 saturated carbocycles. The maximum absolute atomic E-state index is 12.4. The van der Waals surface area contributed by atoms with Crippen LogP contribution in [0.2, 0.25) is 0 Å². The predicted octanol–water partition coefficient (Wildman–Crippen LogP) is 3.37. The fourth-order valence-electron chi connectivity index (χ4n) is 2.61. The highest BCUT2D eigenvalue weighted by Gasteiger charge is 2.21. The lowest BCUT2D eigenvalue weighted by Gasteiger charge is -2.21. The molecule has 3 N–H and O–H groups in total. The van der Waals surface area contributed by atoms with Crippen LogP contribution in [0.25, 0.3) is 11.1 Å². The number of hydrogen-bond donors (Lipinski definition) is 3. The molecular weight excluding hydrogens is 334 g/mol. The van der Waals surface area contributed by atoms with Crippen molar-refractivity contribution >= 4 is 22.9 Å². The molecule has 1 aromatic carbocycles. The summed E-state index contributed by atoms with van der Waals surface area (Å²) >= 11 is 1.56. The fraction of sp³-hybridized carbons (Fsp3) is 0.368. The molecule has 1 heterocycles. The number of nitriles is 1. The van der Waals surface area contributed by atoms with Crippen molar-refractivity contribution in [3.05, 3.63) is 40.6 Å². The van der Waals surface area contributed by atoms with Crippen LogP contribution in [0.3, 0.4) is 0 Å². The summed E-state index contributed by atoms with van der Waals surface area (Å²) in [5, 5.41) is 28.0. The molecule has 0 unspecified atom stereocenters. The Kier molecular flexibility index (Phi) is 6.99. The molecule has 6 heteroatoms. The number of carbonyl (C=O) groups is 1. The van der Waals surface area contributed by atoms with Gasteiger partial charge in [-0.1, -0.05) is 32.0 Å². The van der Waals surface area contributed by atoms with Crippen molar-refractivity contribution in [2.45, 2.75) is 32.9 Å². The number of thiophene rings is 1. The average Bonchev–Trinajstić information content (AvgIpc) is 3.07. The van der Waals surface area contributed by atoms with Crippen molar-refractivity contribution < 1.29 is 9.90 Å². The lowest BCUT2D eigenvalue weighted by molar-refractivity contribution is -0.121. The van der Waals surface area contributed by atoms with Gasteiger partial charge < -0.3 is 15.7 Å². The zero-order valence-corrected chi connectivity index (χ0v) is 15.3. The van der Waals surface area contributed by atoms with Crippen LogP contribution in [0.15, 0.2) is 35.0 Å². The number of amides is 1. The van der Waals surface area contributed by atoms with E-state index < -0.39 is 6.04 Å². The third-order valence-electron chi connectivity index (χ3n) is 3.78. The molecule has 2 rings (SSSR count). The van der Waals surface area contributed by atoms with Gasteiger partial charge in [0.15, 0.2) is 0 Å². The molecule has 25 heavy (non-hydrogen) atoms. The van der Waals surface area contributed by atoms with E-state index in [2.05, 4.69) is 24.5 Å². The van der Waals surface area contributed by atoms with Crippen molar-refractivity contribution in [2.75, 3.05) is 11.9 Å². The van der Waals surface area contributed by atoms with Crippen LogP contribution in [0.5, 0.6) is 0 Å². The quantitative estimate of drug-likeness (QED) is 0.632. The van der Waals surface area contributed by atoms with Gasteiger partial charge >= 0.3 is 0 Å². The van der Waals surface area contributed by atoms with E-state index in [1.807, 2.05) is 41.1 Å². The van der Waals surface area contributed by atoms with Crippen LogP contribution in [-0.2, 0) is 11.4 Å². The van der Waals surface area contributed by atoms with Gasteiger partial charge in [-0.3, -0.25) is 4.79 Å². The highest BCUT2D eigenvalue weighted by atomic mass is 32.1. The smallest absolute Gasteiger partial charge is 0.243 e. The van der Waals surface area contributed by atoms with Gasteiger partial charge in [-0.2, -0.15) is 5.26 Å². The minimum Gasteiger partial charge on any atom is -0.392 e. The molecule has 2 aromatic rings. The van der Waals surface area contributed by atoms with Gasteiger partial charge in [0.2, 0.25) is 5.91 Å². The Balaban J connectivity index is 2.23. The Labute approximate surface area is 152 Å². The van der Waals surface area contributed by atoms with E-state index in [4.69, 9.17) is 5.26 Å². The summed E-state index contributed by atoms with van der Waals surface area (Å²) in [4.78, 5) is 12.4. The van der Waals surface area contributed by atoms with Crippen LogP contribution < -0.4 is 10.6 Å². The highest BCUT2D eigenvalue weighted by Crippen LogP contribution is 2.33. The molecule has 0 bridgehead atoms. The number of hydrogen-bond acceptors (Lipinski definition) is 5. The van der Waals surface area contributed by atoms with Gasteiger partial charge in [0.05, 0.1) is 18.4 Å². The van der Waals surface area contributed by atoms with Crippen molar-refractivity contribution in [2.24, 2.45) is 5.92 Å². The number of aliphatic hydroxyl groups excluding tert-OH is 1. The standard InChI is InChI=1S/C19H23N3O2S/c1-13(2)8-17(19(24)21-7-6-20)22-18-12-25-11-16(18)15-5-3-4-14(9-15)10-23/h3-5,9,11-13,17,22-23H,7-8,10H2,1-2H3,(H,21,24)/t17-/m0/s1. The van der Waals surface area contributed by atoms with E-state index in [1.54, 1.807) is 11.3 Å². The molecule has 0 fully saturated rings. The van der Waals surface area contributed by atoms with Crippen molar-refractivity contribution in [3.8, 4) is 17.2 Å². The first-order valence-electron chi connectivity index (χ1n) is 8.22. The maximum atomic E-state index is 12.4. The molecule has 0 spiro atoms. The molecule has 0 radical (unpaired) electrons. The second-order valence-electron chi connectivity index (χ2n) is 6.26. The third-order valence-corrected chi connectivity index (χ3v) is 4.52. The van der Waals surface area contributed by atoms with E-state index in [0.717, 1.165) is 22.4 Å². The number of benzene rings is 1. The first kappa shape index (κ1) is 19.0. The van der Waals surface area contributed by atoms with E-state index in [1.165, 1.54) is 0 Å². The third kappa shape index (κ3) is 5.31. The molecule has 1 aromatic heterocycles. The second-order valence-corrected chi connectivity index (χ2v) is 7.00. The van der Waals surface area contributed by atoms with Crippen molar-refractivity contribution in [1.29, 1.82) is 5.26 Å². The highest BCUT2D eigenvalue weighted by molar-refractivity contribution is 7.08. The molecule has 0 aliphatic heterocycles. The first-order chi connectivity index (χ1) is 12.0. The molecule has 1 atom stereocenters. The largest absolute Gasteiger partial charge is 0.392 e. The second kappa shape index (κ2) is 9.21. The van der Waals surface area contributed by atoms with Gasteiger partial charge in [0.25, 0.3) is 0 Å². The van der Waals surface area contributed by atoms with E-state index in [9.17, 15) is 9.90 Å². The number of nitrogens with one attached hydrogen (secondary N) is 2. The molecule has 0 saturated heterocycles. The Morgan fingerprint density at radius 3 is 2.84 bits per heavy atom. The number of anilines is 1. The normalized spacial score (nSPS) is 11.8. The molecule has 0 aliphatic carbocycles. The summed E-state index contributed by atoms with van der Waals surface area (Å²) in [6, 6.07) is 9.25. The Morgan fingerprint density at radius 1 is 1.36 bits per heavy atom. The molecule has 132 valence electrons. The van der Waals surface area contributed by atoms with E-state index in [0.29, 0.717) is 12.3 Å². The van der Waals surface area contributed by atoms with Crippen LogP contribution in [0, 0.1) is 17.2 Å². The summed E-state index contributed by atoms with van der Waals surface area (Å²) in [6.07, 6.45) is 0.670. The van der Waals surface area contributed by atoms with Crippen molar-refractivity contribution in [1.82, 2.24) is 5.32 Å². The van der Waals surface area contributed by atoms with Crippen LogP contribution in [0.4, 0.5) is 5.69 Å². The van der Waals surface area contributed by atoms with Gasteiger partial charge in [-0.15, -0.1) is 11.3 Å². The molecule has 0 aliphatic rings. The van der Waals surface area contributed by atoms with Crippen molar-refractivity contribution in [3.63, 3.8) is 0 Å². The maximum Gasteiger partial charge on any atom is 0.243 e. The monoisotopic (exact) mass is 357 g/mol. The first-order valence-corrected chi connectivity index (χ1v) is 9.17. The Hall–Kier alpha value is -2.36. The molecule has 5 nitrogen and oxygen atoms in total. The lowest BCUT2D eigenvalue weighted by Crippen LogP contribution is -2.40. The summed E-state index contributed by atoms with van der Waals surface area (Å²) in [5.41, 5.74) is 3.73. The van der Waals surface area contributed by atoms with Gasteiger partial charge in [0.1, 0.15) is 12.6 Å². The zero-order chi connectivity index (χ0) is 18.2. The Morgan fingerprint density at radius 2 is 2.16 bits per heavy atom. The van der Waals surface area contributed by atoms with Crippen LogP contribution in [0.1, 0.15) is 25.8 Å². The summed E-state index contributed by atoms with van der Waals surface area (Å²) in [5.74, 6) is 0.168. The van der Waals surface area contributed by atoms with Crippen LogP contribution >= 0.6 is 11.3 Å². The summed E-state index contributed by atoms with van der Waals surface area (Å²) in [7, 11) is 0. The average molecular weight is 357 g/mol. The number of aliphatic hydroxyl groups is 1. The van der Waals surface area contributed by atoms with Gasteiger partial charge in [-0.25, -0.2) is 0 Å². The van der Waals surface area contributed by atoms with Crippen LogP contribution in [-0.4, -0.2) is 23.6 Å². The van der Waals surface area contributed by atoms with Gasteiger partial charge in [-0.05, 0) is 29.5 Å². The zero-order valence-electron chi connectivity index (χ0n) is 14.5. The number of carbonyl (C=O) groups excluding carboxylic acids is 1. The Bertz CT molecular complexity index is 749. The minimum absolute atomic E-state index is 0.00411. The number of rotatable bonds is 8. The molecular formula is C19H23N3O2S. The van der Waals surface area contributed by atoms with E-state index >= 15 is 0 Å². The fourth-order valence-corrected chi connectivity index (χ4v) is 3.41. The summed E-state index contributed by atoms with van der Waals surface area (Å²) in [6.45, 7) is 4.12. The number of nitrogens with zero attached hydrogens (tertiary/aromatic N) is 1. The van der Waals surface area contributed by atoms with E-state index in [-0.39, 0.29) is 19.1 Å². The SMILES string of the molecule is CC(C)C[C@H](Nc1cscc1-c1cccc(CO)c1)C(=O)NCC#N. The predicted molar refractivity (Wildman–Crippen MR) is 101 cm³/mol. The molecule has 1 amide bonds. The lowest BCUT2D eigenvalue weighted by atomic mass is 10.0. The minimum atomic E-state index is -0.400.